The van der Waals surface area contributed by atoms with Gasteiger partial charge in [-0.05, 0) is 24.6 Å². The molecule has 1 atom stereocenters. The molecule has 1 N–H and O–H groups in total. The van der Waals surface area contributed by atoms with Crippen LogP contribution in [0, 0.1) is 0 Å². The van der Waals surface area contributed by atoms with Gasteiger partial charge in [0.15, 0.2) is 9.84 Å². The molecule has 0 saturated heterocycles. The van der Waals surface area contributed by atoms with Crippen LogP contribution < -0.4 is 4.74 Å². The van der Waals surface area contributed by atoms with Gasteiger partial charge in [0.25, 0.3) is 0 Å². The Morgan fingerprint density at radius 1 is 1.41 bits per heavy atom. The average Bonchev–Trinajstić information content (AvgIpc) is 2.29. The summed E-state index contributed by atoms with van der Waals surface area (Å²) in [6.07, 6.45) is -0.557. The van der Waals surface area contributed by atoms with Gasteiger partial charge in [-0.25, -0.2) is 8.42 Å². The molecular formula is C12H18O4S. The molecule has 96 valence electrons. The lowest BCUT2D eigenvalue weighted by molar-refractivity contribution is 0.198. The van der Waals surface area contributed by atoms with Crippen molar-refractivity contribution in [2.45, 2.75) is 20.0 Å². The van der Waals surface area contributed by atoms with Gasteiger partial charge in [0.05, 0.1) is 11.9 Å². The minimum Gasteiger partial charge on any atom is -0.493 e. The molecule has 0 fully saturated rings. The van der Waals surface area contributed by atoms with Gasteiger partial charge in [0, 0.05) is 5.75 Å². The molecule has 5 heteroatoms. The van der Waals surface area contributed by atoms with Crippen LogP contribution in [0.1, 0.15) is 25.5 Å². The molecule has 0 saturated carbocycles. The van der Waals surface area contributed by atoms with E-state index in [0.717, 1.165) is 5.56 Å². The van der Waals surface area contributed by atoms with E-state index in [-0.39, 0.29) is 18.1 Å². The molecule has 0 heterocycles. The lowest BCUT2D eigenvalue weighted by Crippen LogP contribution is -2.15. The van der Waals surface area contributed by atoms with Crippen LogP contribution in [0.25, 0.3) is 0 Å². The summed E-state index contributed by atoms with van der Waals surface area (Å²) in [4.78, 5) is 0. The minimum atomic E-state index is -2.99. The van der Waals surface area contributed by atoms with Gasteiger partial charge in [0.2, 0.25) is 0 Å². The molecule has 0 aromatic heterocycles. The van der Waals surface area contributed by atoms with E-state index in [1.54, 1.807) is 38.1 Å². The Kier molecular flexibility index (Phi) is 4.96. The second-order valence-electron chi connectivity index (χ2n) is 3.83. The summed E-state index contributed by atoms with van der Waals surface area (Å²) in [5.41, 5.74) is 0.751. The van der Waals surface area contributed by atoms with Crippen molar-refractivity contribution in [3.63, 3.8) is 0 Å². The van der Waals surface area contributed by atoms with Crippen LogP contribution in [0.3, 0.4) is 0 Å². The molecule has 0 aliphatic heterocycles. The van der Waals surface area contributed by atoms with Gasteiger partial charge in [0.1, 0.15) is 12.4 Å². The maximum Gasteiger partial charge on any atom is 0.153 e. The van der Waals surface area contributed by atoms with E-state index in [1.165, 1.54) is 0 Å². The molecule has 0 spiro atoms. The normalized spacial score (nSPS) is 13.4. The maximum absolute atomic E-state index is 11.2. The highest BCUT2D eigenvalue weighted by Gasteiger charge is 2.08. The zero-order valence-electron chi connectivity index (χ0n) is 10.1. The minimum absolute atomic E-state index is 0.0163. The molecular weight excluding hydrogens is 240 g/mol. The fraction of sp³-hybridized carbons (Fsp3) is 0.500. The van der Waals surface area contributed by atoms with Crippen molar-refractivity contribution in [2.24, 2.45) is 0 Å². The molecule has 0 aliphatic carbocycles. The third kappa shape index (κ3) is 4.75. The predicted octanol–water partition coefficient (Wildman–Crippen LogP) is 1.55. The summed E-state index contributed by atoms with van der Waals surface area (Å²) >= 11 is 0. The monoisotopic (exact) mass is 258 g/mol. The van der Waals surface area contributed by atoms with Gasteiger partial charge in [-0.1, -0.05) is 19.1 Å². The zero-order chi connectivity index (χ0) is 12.9. The van der Waals surface area contributed by atoms with E-state index in [1.807, 2.05) is 0 Å². The number of sulfone groups is 1. The summed E-state index contributed by atoms with van der Waals surface area (Å²) in [6.45, 7) is 3.42. The Hall–Kier alpha value is -1.07. The smallest absolute Gasteiger partial charge is 0.153 e. The summed E-state index contributed by atoms with van der Waals surface area (Å²) in [7, 11) is -2.99. The first-order chi connectivity index (χ1) is 7.94. The van der Waals surface area contributed by atoms with E-state index in [9.17, 15) is 13.5 Å². The first-order valence-electron chi connectivity index (χ1n) is 5.56. The van der Waals surface area contributed by atoms with E-state index in [4.69, 9.17) is 4.74 Å². The van der Waals surface area contributed by atoms with Crippen LogP contribution in [-0.4, -0.2) is 31.6 Å². The van der Waals surface area contributed by atoms with Crippen molar-refractivity contribution in [1.29, 1.82) is 0 Å². The Balaban J connectivity index is 2.55. The fourth-order valence-corrected chi connectivity index (χ4v) is 1.92. The van der Waals surface area contributed by atoms with Crippen molar-refractivity contribution in [3.8, 4) is 5.75 Å². The predicted molar refractivity (Wildman–Crippen MR) is 66.9 cm³/mol. The van der Waals surface area contributed by atoms with E-state index < -0.39 is 15.9 Å². The Morgan fingerprint density at radius 2 is 2.12 bits per heavy atom. The number of ether oxygens (including phenoxy) is 1. The van der Waals surface area contributed by atoms with Gasteiger partial charge in [-0.3, -0.25) is 0 Å². The molecule has 1 aromatic rings. The summed E-state index contributed by atoms with van der Waals surface area (Å²) in [5, 5.41) is 9.39. The first-order valence-corrected chi connectivity index (χ1v) is 7.38. The van der Waals surface area contributed by atoms with E-state index >= 15 is 0 Å². The van der Waals surface area contributed by atoms with Gasteiger partial charge >= 0.3 is 0 Å². The SMILES string of the molecule is CCS(=O)(=O)CCOc1cccc([C@H](C)O)c1. The second-order valence-corrected chi connectivity index (χ2v) is 6.31. The zero-order valence-corrected chi connectivity index (χ0v) is 10.9. The first kappa shape index (κ1) is 14.0. The Bertz CT molecular complexity index is 451. The number of aliphatic hydroxyl groups is 1. The molecule has 4 nitrogen and oxygen atoms in total. The number of aliphatic hydroxyl groups excluding tert-OH is 1. The van der Waals surface area contributed by atoms with Gasteiger partial charge in [-0.2, -0.15) is 0 Å². The van der Waals surface area contributed by atoms with Crippen molar-refractivity contribution < 1.29 is 18.3 Å². The molecule has 0 aliphatic rings. The number of benzene rings is 1. The van der Waals surface area contributed by atoms with Crippen molar-refractivity contribution >= 4 is 9.84 Å². The summed E-state index contributed by atoms with van der Waals surface area (Å²) in [5.74, 6) is 0.724. The highest BCUT2D eigenvalue weighted by molar-refractivity contribution is 7.91. The lowest BCUT2D eigenvalue weighted by Gasteiger charge is -2.09. The molecule has 1 rings (SSSR count). The summed E-state index contributed by atoms with van der Waals surface area (Å²) < 4.78 is 27.8. The fourth-order valence-electron chi connectivity index (χ4n) is 1.30. The second kappa shape index (κ2) is 6.02. The van der Waals surface area contributed by atoms with Crippen molar-refractivity contribution in [2.75, 3.05) is 18.1 Å². The molecule has 0 amide bonds. The van der Waals surface area contributed by atoms with Crippen LogP contribution in [0.5, 0.6) is 5.75 Å². The molecule has 17 heavy (non-hydrogen) atoms. The average molecular weight is 258 g/mol. The Labute approximate surface area is 102 Å². The van der Waals surface area contributed by atoms with Gasteiger partial charge < -0.3 is 9.84 Å². The molecule has 0 unspecified atom stereocenters. The lowest BCUT2D eigenvalue weighted by atomic mass is 10.1. The third-order valence-electron chi connectivity index (χ3n) is 2.44. The standard InChI is InChI=1S/C12H18O4S/c1-3-17(14,15)8-7-16-12-6-4-5-11(9-12)10(2)13/h4-6,9-10,13H,3,7-8H2,1-2H3/t10-/m0/s1. The van der Waals surface area contributed by atoms with E-state index in [0.29, 0.717) is 5.75 Å². The molecule has 0 radical (unpaired) electrons. The number of hydrogen-bond donors (Lipinski definition) is 1. The van der Waals surface area contributed by atoms with E-state index in [2.05, 4.69) is 0 Å². The molecule has 1 aromatic carbocycles. The topological polar surface area (TPSA) is 63.6 Å². The van der Waals surface area contributed by atoms with Crippen LogP contribution in [-0.2, 0) is 9.84 Å². The third-order valence-corrected chi connectivity index (χ3v) is 4.11. The van der Waals surface area contributed by atoms with Crippen LogP contribution >= 0.6 is 0 Å². The molecule has 0 bridgehead atoms. The number of rotatable bonds is 6. The van der Waals surface area contributed by atoms with Crippen LogP contribution in [0.4, 0.5) is 0 Å². The Morgan fingerprint density at radius 3 is 2.71 bits per heavy atom. The highest BCUT2D eigenvalue weighted by Crippen LogP contribution is 2.18. The maximum atomic E-state index is 11.2. The largest absolute Gasteiger partial charge is 0.493 e. The summed E-state index contributed by atoms with van der Waals surface area (Å²) in [6, 6.07) is 7.01. The quantitative estimate of drug-likeness (QED) is 0.841. The van der Waals surface area contributed by atoms with Crippen molar-refractivity contribution in [1.82, 2.24) is 0 Å². The van der Waals surface area contributed by atoms with Crippen LogP contribution in [0.2, 0.25) is 0 Å². The van der Waals surface area contributed by atoms with Gasteiger partial charge in [-0.15, -0.1) is 0 Å². The van der Waals surface area contributed by atoms with Crippen molar-refractivity contribution in [3.05, 3.63) is 29.8 Å². The number of hydrogen-bond acceptors (Lipinski definition) is 4. The van der Waals surface area contributed by atoms with Crippen LogP contribution in [0.15, 0.2) is 24.3 Å². The highest BCUT2D eigenvalue weighted by atomic mass is 32.2.